The van der Waals surface area contributed by atoms with Crippen molar-refractivity contribution in [2.24, 2.45) is 0 Å². The van der Waals surface area contributed by atoms with Gasteiger partial charge in [-0.05, 0) is 38.0 Å². The molecule has 35 heavy (non-hydrogen) atoms. The molecule has 0 spiro atoms. The van der Waals surface area contributed by atoms with E-state index in [1.165, 1.54) is 0 Å². The number of benzene rings is 2. The fourth-order valence-corrected chi connectivity index (χ4v) is 4.19. The minimum atomic E-state index is -1.00. The number of imide groups is 1. The zero-order valence-electron chi connectivity index (χ0n) is 20.6. The molecular weight excluding hydrogens is 444 g/mol. The molecule has 1 aliphatic rings. The maximum absolute atomic E-state index is 12.9. The summed E-state index contributed by atoms with van der Waals surface area (Å²) >= 11 is 0. The fourth-order valence-electron chi connectivity index (χ4n) is 4.19. The third kappa shape index (κ3) is 6.47. The zero-order valence-corrected chi connectivity index (χ0v) is 20.6. The minimum Gasteiger partial charge on any atom is -0.345 e. The molecule has 3 N–H and O–H groups in total. The average molecular weight is 479 g/mol. The number of hydrogen-bond acceptors (Lipinski definition) is 4. The van der Waals surface area contributed by atoms with Crippen molar-refractivity contribution >= 4 is 29.4 Å². The minimum absolute atomic E-state index is 0.228. The van der Waals surface area contributed by atoms with Crippen molar-refractivity contribution in [3.63, 3.8) is 0 Å². The van der Waals surface area contributed by atoms with Gasteiger partial charge in [-0.25, -0.2) is 4.79 Å². The molecule has 3 rings (SSSR count). The SMILES string of the molecule is CCCCCCC1(C)NC(=O)N(CC(=O)Nc2ccccc2C(=O)NC(C)c2ccccc2)C1=O. The molecular formula is C27H34N4O4. The summed E-state index contributed by atoms with van der Waals surface area (Å²) in [5.74, 6) is -1.30. The van der Waals surface area contributed by atoms with Gasteiger partial charge >= 0.3 is 6.03 Å². The van der Waals surface area contributed by atoms with Crippen LogP contribution in [0.4, 0.5) is 10.5 Å². The summed E-state index contributed by atoms with van der Waals surface area (Å²) in [4.78, 5) is 52.0. The quantitative estimate of drug-likeness (QED) is 0.329. The number of nitrogens with zero attached hydrogens (tertiary/aromatic N) is 1. The first-order valence-electron chi connectivity index (χ1n) is 12.1. The van der Waals surface area contributed by atoms with Crippen LogP contribution in [0.15, 0.2) is 54.6 Å². The van der Waals surface area contributed by atoms with E-state index in [9.17, 15) is 19.2 Å². The van der Waals surface area contributed by atoms with E-state index in [2.05, 4.69) is 22.9 Å². The summed E-state index contributed by atoms with van der Waals surface area (Å²) < 4.78 is 0. The molecule has 2 aromatic rings. The second-order valence-electron chi connectivity index (χ2n) is 9.16. The summed E-state index contributed by atoms with van der Waals surface area (Å²) in [7, 11) is 0. The molecule has 1 aliphatic heterocycles. The van der Waals surface area contributed by atoms with Gasteiger partial charge in [-0.15, -0.1) is 0 Å². The van der Waals surface area contributed by atoms with Gasteiger partial charge in [0, 0.05) is 0 Å². The lowest BCUT2D eigenvalue weighted by Gasteiger charge is -2.21. The maximum Gasteiger partial charge on any atom is 0.325 e. The lowest BCUT2D eigenvalue weighted by Crippen LogP contribution is -2.44. The number of carbonyl (C=O) groups is 4. The number of urea groups is 1. The lowest BCUT2D eigenvalue weighted by atomic mass is 9.94. The molecule has 186 valence electrons. The standard InChI is InChI=1S/C27H34N4O4/c1-4-5-6-12-17-27(3)25(34)31(26(35)30-27)18-23(32)29-22-16-11-10-15-21(22)24(33)28-19(2)20-13-8-7-9-14-20/h7-11,13-16,19H,4-6,12,17-18H2,1-3H3,(H,28,33)(H,29,32)(H,30,35). The van der Waals surface area contributed by atoms with Gasteiger partial charge < -0.3 is 16.0 Å². The van der Waals surface area contributed by atoms with Crippen molar-refractivity contribution in [3.05, 3.63) is 65.7 Å². The van der Waals surface area contributed by atoms with Gasteiger partial charge in [-0.1, -0.05) is 75.1 Å². The summed E-state index contributed by atoms with van der Waals surface area (Å²) in [5, 5.41) is 8.36. The van der Waals surface area contributed by atoms with Crippen molar-refractivity contribution in [2.45, 2.75) is 64.5 Å². The van der Waals surface area contributed by atoms with Crippen molar-refractivity contribution < 1.29 is 19.2 Å². The van der Waals surface area contributed by atoms with Crippen LogP contribution in [-0.4, -0.2) is 40.7 Å². The van der Waals surface area contributed by atoms with Crippen molar-refractivity contribution in [1.82, 2.24) is 15.5 Å². The van der Waals surface area contributed by atoms with Gasteiger partial charge in [-0.2, -0.15) is 0 Å². The molecule has 1 heterocycles. The number of amides is 5. The molecule has 0 aliphatic carbocycles. The van der Waals surface area contributed by atoms with E-state index in [0.29, 0.717) is 17.7 Å². The van der Waals surface area contributed by atoms with E-state index in [-0.39, 0.29) is 11.9 Å². The number of hydrogen-bond donors (Lipinski definition) is 3. The third-order valence-electron chi connectivity index (χ3n) is 6.27. The number of carbonyl (C=O) groups excluding carboxylic acids is 4. The predicted molar refractivity (Wildman–Crippen MR) is 135 cm³/mol. The van der Waals surface area contributed by atoms with Crippen LogP contribution < -0.4 is 16.0 Å². The molecule has 5 amide bonds. The largest absolute Gasteiger partial charge is 0.345 e. The first-order valence-corrected chi connectivity index (χ1v) is 12.1. The van der Waals surface area contributed by atoms with Crippen molar-refractivity contribution in [2.75, 3.05) is 11.9 Å². The van der Waals surface area contributed by atoms with Crippen LogP contribution in [0, 0.1) is 0 Å². The Morgan fingerprint density at radius 2 is 1.69 bits per heavy atom. The Bertz CT molecular complexity index is 1070. The molecule has 8 heteroatoms. The Balaban J connectivity index is 1.63. The zero-order chi connectivity index (χ0) is 25.4. The van der Waals surface area contributed by atoms with Crippen molar-refractivity contribution in [1.29, 1.82) is 0 Å². The summed E-state index contributed by atoms with van der Waals surface area (Å²) in [6.07, 6.45) is 4.48. The van der Waals surface area contributed by atoms with Gasteiger partial charge in [0.1, 0.15) is 12.1 Å². The van der Waals surface area contributed by atoms with Crippen LogP contribution in [0.25, 0.3) is 0 Å². The predicted octanol–water partition coefficient (Wildman–Crippen LogP) is 4.40. The van der Waals surface area contributed by atoms with Crippen LogP contribution in [0.2, 0.25) is 0 Å². The maximum atomic E-state index is 12.9. The van der Waals surface area contributed by atoms with Crippen molar-refractivity contribution in [3.8, 4) is 0 Å². The number of para-hydroxylation sites is 1. The van der Waals surface area contributed by atoms with Gasteiger partial charge in [0.05, 0.1) is 17.3 Å². The molecule has 2 aromatic carbocycles. The smallest absolute Gasteiger partial charge is 0.325 e. The van der Waals surface area contributed by atoms with E-state index in [0.717, 1.165) is 36.1 Å². The van der Waals surface area contributed by atoms with E-state index in [1.54, 1.807) is 31.2 Å². The molecule has 0 saturated carbocycles. The molecule has 1 saturated heterocycles. The topological polar surface area (TPSA) is 108 Å². The lowest BCUT2D eigenvalue weighted by molar-refractivity contribution is -0.133. The highest BCUT2D eigenvalue weighted by atomic mass is 16.2. The molecule has 2 unspecified atom stereocenters. The molecule has 0 aromatic heterocycles. The summed E-state index contributed by atoms with van der Waals surface area (Å²) in [6, 6.07) is 15.4. The average Bonchev–Trinajstić information content (AvgIpc) is 3.05. The molecule has 1 fully saturated rings. The third-order valence-corrected chi connectivity index (χ3v) is 6.27. The number of anilines is 1. The highest BCUT2D eigenvalue weighted by Gasteiger charge is 2.47. The summed E-state index contributed by atoms with van der Waals surface area (Å²) in [6.45, 7) is 5.26. The van der Waals surface area contributed by atoms with Gasteiger partial charge in [0.2, 0.25) is 5.91 Å². The summed E-state index contributed by atoms with van der Waals surface area (Å²) in [5.41, 5.74) is 0.557. The van der Waals surface area contributed by atoms with Crippen LogP contribution in [0.1, 0.15) is 74.8 Å². The Morgan fingerprint density at radius 3 is 2.40 bits per heavy atom. The Labute approximate surface area is 206 Å². The Hall–Kier alpha value is -3.68. The van der Waals surface area contributed by atoms with Crippen LogP contribution in [-0.2, 0) is 9.59 Å². The van der Waals surface area contributed by atoms with Crippen LogP contribution in [0.5, 0.6) is 0 Å². The fraction of sp³-hybridized carbons (Fsp3) is 0.407. The van der Waals surface area contributed by atoms with Crippen LogP contribution >= 0.6 is 0 Å². The van der Waals surface area contributed by atoms with Gasteiger partial charge in [0.25, 0.3) is 11.8 Å². The Kier molecular flexibility index (Phi) is 8.63. The van der Waals surface area contributed by atoms with E-state index < -0.39 is 29.9 Å². The van der Waals surface area contributed by atoms with E-state index in [1.807, 2.05) is 37.3 Å². The molecule has 0 bridgehead atoms. The highest BCUT2D eigenvalue weighted by Crippen LogP contribution is 2.24. The first kappa shape index (κ1) is 25.9. The van der Waals surface area contributed by atoms with Crippen LogP contribution in [0.3, 0.4) is 0 Å². The second-order valence-corrected chi connectivity index (χ2v) is 9.16. The highest BCUT2D eigenvalue weighted by molar-refractivity contribution is 6.10. The van der Waals surface area contributed by atoms with Gasteiger partial charge in [-0.3, -0.25) is 19.3 Å². The number of nitrogens with one attached hydrogen (secondary N) is 3. The second kappa shape index (κ2) is 11.6. The number of rotatable bonds is 11. The van der Waals surface area contributed by atoms with E-state index in [4.69, 9.17) is 0 Å². The Morgan fingerprint density at radius 1 is 1.00 bits per heavy atom. The monoisotopic (exact) mass is 478 g/mol. The molecule has 2 atom stereocenters. The first-order chi connectivity index (χ1) is 16.7. The molecule has 0 radical (unpaired) electrons. The van der Waals surface area contributed by atoms with Gasteiger partial charge in [0.15, 0.2) is 0 Å². The molecule has 8 nitrogen and oxygen atoms in total. The normalized spacial score (nSPS) is 18.2. The van der Waals surface area contributed by atoms with E-state index >= 15 is 0 Å². The number of unbranched alkanes of at least 4 members (excludes halogenated alkanes) is 3.